The largest absolute Gasteiger partial charge is 0.491 e. The number of benzene rings is 1. The van der Waals surface area contributed by atoms with Crippen molar-refractivity contribution < 1.29 is 9.53 Å². The second-order valence-electron chi connectivity index (χ2n) is 6.07. The smallest absolute Gasteiger partial charge is 0.229 e. The third kappa shape index (κ3) is 2.77. The number of carbonyl (C=O) groups is 1. The maximum absolute atomic E-state index is 13.1. The summed E-state index contributed by atoms with van der Waals surface area (Å²) in [5, 5.41) is 3.36. The first-order valence-corrected chi connectivity index (χ1v) is 7.96. The molecule has 2 heterocycles. The highest BCUT2D eigenvalue weighted by Crippen LogP contribution is 2.36. The minimum Gasteiger partial charge on any atom is -0.491 e. The molecule has 21 heavy (non-hydrogen) atoms. The predicted octanol–water partition coefficient (Wildman–Crippen LogP) is 2.19. The minimum absolute atomic E-state index is 0.176. The van der Waals surface area contributed by atoms with Crippen LogP contribution in [0.3, 0.4) is 0 Å². The van der Waals surface area contributed by atoms with E-state index in [1.807, 2.05) is 23.1 Å². The summed E-state index contributed by atoms with van der Waals surface area (Å²) in [4.78, 5) is 15.1. The van der Waals surface area contributed by atoms with E-state index in [4.69, 9.17) is 4.74 Å². The summed E-state index contributed by atoms with van der Waals surface area (Å²) < 4.78 is 5.78. The summed E-state index contributed by atoms with van der Waals surface area (Å²) >= 11 is 0. The third-order valence-corrected chi connectivity index (χ3v) is 4.93. The Morgan fingerprint density at radius 1 is 1.33 bits per heavy atom. The van der Waals surface area contributed by atoms with Crippen molar-refractivity contribution in [1.29, 1.82) is 0 Å². The summed E-state index contributed by atoms with van der Waals surface area (Å²) in [6, 6.07) is 8.04. The molecular formula is C17H24N2O2. The van der Waals surface area contributed by atoms with Crippen LogP contribution in [0.15, 0.2) is 24.3 Å². The van der Waals surface area contributed by atoms with Crippen molar-refractivity contribution in [3.63, 3.8) is 0 Å². The molecule has 0 spiro atoms. The Morgan fingerprint density at radius 2 is 2.10 bits per heavy atom. The van der Waals surface area contributed by atoms with Gasteiger partial charge in [-0.2, -0.15) is 0 Å². The molecule has 1 aromatic carbocycles. The van der Waals surface area contributed by atoms with Crippen LogP contribution in [0.1, 0.15) is 31.7 Å². The topological polar surface area (TPSA) is 41.6 Å². The lowest BCUT2D eigenvalue weighted by molar-refractivity contribution is -0.145. The van der Waals surface area contributed by atoms with Gasteiger partial charge in [-0.25, -0.2) is 0 Å². The van der Waals surface area contributed by atoms with Gasteiger partial charge in [-0.05, 0) is 38.4 Å². The van der Waals surface area contributed by atoms with Gasteiger partial charge in [0.2, 0.25) is 5.91 Å². The Kier molecular flexibility index (Phi) is 4.15. The highest BCUT2D eigenvalue weighted by molar-refractivity contribution is 5.83. The molecule has 4 heteroatoms. The molecule has 0 saturated carbocycles. The van der Waals surface area contributed by atoms with Gasteiger partial charge in [0.15, 0.2) is 0 Å². The first-order valence-electron chi connectivity index (χ1n) is 7.96. The number of para-hydroxylation sites is 1. The van der Waals surface area contributed by atoms with Gasteiger partial charge >= 0.3 is 0 Å². The zero-order valence-corrected chi connectivity index (χ0v) is 12.7. The fourth-order valence-corrected chi connectivity index (χ4v) is 3.46. The van der Waals surface area contributed by atoms with Crippen LogP contribution in [0.4, 0.5) is 0 Å². The molecule has 3 rings (SSSR count). The van der Waals surface area contributed by atoms with Crippen molar-refractivity contribution in [2.45, 2.75) is 32.7 Å². The monoisotopic (exact) mass is 288 g/mol. The molecule has 0 aromatic heterocycles. The van der Waals surface area contributed by atoms with Crippen molar-refractivity contribution in [2.24, 2.45) is 5.41 Å². The average Bonchev–Trinajstić information content (AvgIpc) is 2.77. The SMILES string of the molecule is CCC1(C(=O)N2CCOc3ccccc3C2)CCNCC1. The number of ether oxygens (including phenoxy) is 1. The lowest BCUT2D eigenvalue weighted by atomic mass is 9.75. The van der Waals surface area contributed by atoms with Crippen molar-refractivity contribution in [2.75, 3.05) is 26.2 Å². The molecular weight excluding hydrogens is 264 g/mol. The highest BCUT2D eigenvalue weighted by Gasteiger charge is 2.40. The van der Waals surface area contributed by atoms with Crippen LogP contribution in [0.5, 0.6) is 5.75 Å². The van der Waals surface area contributed by atoms with Crippen molar-refractivity contribution in [3.8, 4) is 5.75 Å². The molecule has 0 radical (unpaired) electrons. The second-order valence-corrected chi connectivity index (χ2v) is 6.07. The number of fused-ring (bicyclic) bond motifs is 1. The molecule has 1 amide bonds. The number of piperidine rings is 1. The first kappa shape index (κ1) is 14.4. The molecule has 1 saturated heterocycles. The molecule has 0 aliphatic carbocycles. The molecule has 4 nitrogen and oxygen atoms in total. The number of hydrogen-bond acceptors (Lipinski definition) is 3. The highest BCUT2D eigenvalue weighted by atomic mass is 16.5. The lowest BCUT2D eigenvalue weighted by Crippen LogP contribution is -2.49. The van der Waals surface area contributed by atoms with E-state index in [1.165, 1.54) is 0 Å². The van der Waals surface area contributed by atoms with Gasteiger partial charge in [0.05, 0.1) is 12.0 Å². The maximum atomic E-state index is 13.1. The van der Waals surface area contributed by atoms with Gasteiger partial charge in [0, 0.05) is 12.1 Å². The molecule has 2 aliphatic heterocycles. The number of rotatable bonds is 2. The van der Waals surface area contributed by atoms with E-state index in [2.05, 4.69) is 18.3 Å². The number of carbonyl (C=O) groups excluding carboxylic acids is 1. The van der Waals surface area contributed by atoms with E-state index in [1.54, 1.807) is 0 Å². The van der Waals surface area contributed by atoms with Crippen LogP contribution in [-0.4, -0.2) is 37.0 Å². The molecule has 0 bridgehead atoms. The maximum Gasteiger partial charge on any atom is 0.229 e. The summed E-state index contributed by atoms with van der Waals surface area (Å²) in [6.07, 6.45) is 2.81. The van der Waals surface area contributed by atoms with Crippen LogP contribution in [0.2, 0.25) is 0 Å². The fourth-order valence-electron chi connectivity index (χ4n) is 3.46. The van der Waals surface area contributed by atoms with Crippen molar-refractivity contribution in [1.82, 2.24) is 10.2 Å². The normalized spacial score (nSPS) is 21.1. The third-order valence-electron chi connectivity index (χ3n) is 4.93. The number of hydrogen-bond donors (Lipinski definition) is 1. The Balaban J connectivity index is 1.81. The summed E-state index contributed by atoms with van der Waals surface area (Å²) in [6.45, 7) is 5.97. The molecule has 1 fully saturated rings. The first-order chi connectivity index (χ1) is 10.2. The Bertz CT molecular complexity index is 509. The predicted molar refractivity (Wildman–Crippen MR) is 82.2 cm³/mol. The van der Waals surface area contributed by atoms with Gasteiger partial charge in [0.1, 0.15) is 12.4 Å². The van der Waals surface area contributed by atoms with Crippen LogP contribution < -0.4 is 10.1 Å². The number of nitrogens with zero attached hydrogens (tertiary/aromatic N) is 1. The average molecular weight is 288 g/mol. The molecule has 1 aromatic rings. The fraction of sp³-hybridized carbons (Fsp3) is 0.588. The van der Waals surface area contributed by atoms with Gasteiger partial charge in [-0.3, -0.25) is 4.79 Å². The number of nitrogens with one attached hydrogen (secondary N) is 1. The van der Waals surface area contributed by atoms with Gasteiger partial charge < -0.3 is 15.0 Å². The zero-order chi connectivity index (χ0) is 14.7. The summed E-state index contributed by atoms with van der Waals surface area (Å²) in [5.41, 5.74) is 0.938. The number of amides is 1. The van der Waals surface area contributed by atoms with Crippen molar-refractivity contribution >= 4 is 5.91 Å². The van der Waals surface area contributed by atoms with E-state index in [0.29, 0.717) is 25.6 Å². The van der Waals surface area contributed by atoms with Crippen molar-refractivity contribution in [3.05, 3.63) is 29.8 Å². The van der Waals surface area contributed by atoms with E-state index in [9.17, 15) is 4.79 Å². The van der Waals surface area contributed by atoms with Crippen LogP contribution in [0.25, 0.3) is 0 Å². The van der Waals surface area contributed by atoms with Gasteiger partial charge in [-0.15, -0.1) is 0 Å². The summed E-state index contributed by atoms with van der Waals surface area (Å²) in [7, 11) is 0. The van der Waals surface area contributed by atoms with E-state index in [0.717, 1.165) is 43.7 Å². The Labute approximate surface area is 126 Å². The van der Waals surface area contributed by atoms with E-state index in [-0.39, 0.29) is 5.41 Å². The Morgan fingerprint density at radius 3 is 2.86 bits per heavy atom. The van der Waals surface area contributed by atoms with Gasteiger partial charge in [-0.1, -0.05) is 25.1 Å². The zero-order valence-electron chi connectivity index (χ0n) is 12.7. The molecule has 2 aliphatic rings. The van der Waals surface area contributed by atoms with Gasteiger partial charge in [0.25, 0.3) is 0 Å². The second kappa shape index (κ2) is 6.06. The standard InChI is InChI=1S/C17H24N2O2/c1-2-17(7-9-18-10-8-17)16(20)19-11-12-21-15-6-4-3-5-14(15)13-19/h3-6,18H,2,7-13H2,1H3. The molecule has 1 N–H and O–H groups in total. The lowest BCUT2D eigenvalue weighted by Gasteiger charge is -2.39. The Hall–Kier alpha value is -1.55. The molecule has 0 unspecified atom stereocenters. The minimum atomic E-state index is -0.176. The molecule has 0 atom stereocenters. The van der Waals surface area contributed by atoms with Crippen LogP contribution >= 0.6 is 0 Å². The molecule has 114 valence electrons. The summed E-state index contributed by atoms with van der Waals surface area (Å²) in [5.74, 6) is 1.23. The van der Waals surface area contributed by atoms with Crippen LogP contribution in [-0.2, 0) is 11.3 Å². The quantitative estimate of drug-likeness (QED) is 0.907. The van der Waals surface area contributed by atoms with E-state index < -0.39 is 0 Å². The van der Waals surface area contributed by atoms with E-state index >= 15 is 0 Å². The van der Waals surface area contributed by atoms with Crippen LogP contribution in [0, 0.1) is 5.41 Å².